The lowest BCUT2D eigenvalue weighted by Gasteiger charge is -2.24. The van der Waals surface area contributed by atoms with Gasteiger partial charge in [0.2, 0.25) is 0 Å². The van der Waals surface area contributed by atoms with Crippen LogP contribution in [0.2, 0.25) is 0 Å². The largest absolute Gasteiger partial charge is 0.508 e. The fourth-order valence-electron chi connectivity index (χ4n) is 3.05. The van der Waals surface area contributed by atoms with Crippen molar-refractivity contribution in [1.29, 1.82) is 0 Å². The zero-order chi connectivity index (χ0) is 20.9. The smallest absolute Gasteiger partial charge is 0.266 e. The minimum atomic E-state index is -0.393. The molecule has 1 amide bonds. The first-order chi connectivity index (χ1) is 14.6. The molecule has 5 nitrogen and oxygen atoms in total. The van der Waals surface area contributed by atoms with Crippen LogP contribution < -0.4 is 9.64 Å². The maximum absolute atomic E-state index is 13.3. The summed E-state index contributed by atoms with van der Waals surface area (Å²) < 4.78 is 5.82. The third-order valence-corrected chi connectivity index (χ3v) is 4.52. The molecule has 0 aromatic heterocycles. The average molecular weight is 397 g/mol. The summed E-state index contributed by atoms with van der Waals surface area (Å²) in [5.41, 5.74) is 1.32. The van der Waals surface area contributed by atoms with Gasteiger partial charge in [-0.2, -0.15) is 0 Å². The van der Waals surface area contributed by atoms with Gasteiger partial charge in [0.05, 0.1) is 5.56 Å². The number of hydrogen-bond acceptors (Lipinski definition) is 4. The molecule has 4 aromatic rings. The number of ether oxygens (including phenoxy) is 1. The van der Waals surface area contributed by atoms with Gasteiger partial charge in [0, 0.05) is 11.4 Å². The topological polar surface area (TPSA) is 70.0 Å². The summed E-state index contributed by atoms with van der Waals surface area (Å²) in [4.78, 5) is 14.8. The number of para-hydroxylation sites is 2. The Bertz CT molecular complexity index is 1140. The van der Waals surface area contributed by atoms with Crippen LogP contribution in [-0.4, -0.2) is 16.1 Å². The number of anilines is 2. The molecule has 0 spiro atoms. The minimum Gasteiger partial charge on any atom is -0.508 e. The molecule has 0 unspecified atom stereocenters. The molecule has 0 fully saturated rings. The highest BCUT2D eigenvalue weighted by Crippen LogP contribution is 2.32. The van der Waals surface area contributed by atoms with Crippen LogP contribution in [0, 0.1) is 0 Å². The van der Waals surface area contributed by atoms with E-state index in [1.54, 1.807) is 54.6 Å². The lowest BCUT2D eigenvalue weighted by atomic mass is 10.1. The van der Waals surface area contributed by atoms with E-state index in [1.807, 2.05) is 30.3 Å². The van der Waals surface area contributed by atoms with Gasteiger partial charge in [0.1, 0.15) is 23.0 Å². The van der Waals surface area contributed by atoms with Crippen LogP contribution in [0.15, 0.2) is 103 Å². The first-order valence-electron chi connectivity index (χ1n) is 9.36. The Morgan fingerprint density at radius 1 is 0.633 bits per heavy atom. The molecule has 0 aliphatic carbocycles. The van der Waals surface area contributed by atoms with Crippen molar-refractivity contribution in [2.75, 3.05) is 4.90 Å². The minimum absolute atomic E-state index is 0.0975. The van der Waals surface area contributed by atoms with Gasteiger partial charge < -0.3 is 14.9 Å². The number of benzene rings is 4. The second-order valence-electron chi connectivity index (χ2n) is 6.58. The number of amides is 1. The molecule has 30 heavy (non-hydrogen) atoms. The van der Waals surface area contributed by atoms with Crippen molar-refractivity contribution >= 4 is 17.3 Å². The number of aromatic hydroxyl groups is 2. The van der Waals surface area contributed by atoms with Crippen LogP contribution in [0.1, 0.15) is 10.4 Å². The van der Waals surface area contributed by atoms with Crippen molar-refractivity contribution in [3.8, 4) is 23.0 Å². The Hall–Kier alpha value is -4.25. The van der Waals surface area contributed by atoms with Crippen LogP contribution >= 0.6 is 0 Å². The Labute approximate surface area is 174 Å². The number of phenols is 2. The molecule has 0 atom stereocenters. The van der Waals surface area contributed by atoms with Crippen molar-refractivity contribution in [2.24, 2.45) is 0 Å². The molecule has 0 bridgehead atoms. The Morgan fingerprint density at radius 3 is 1.80 bits per heavy atom. The van der Waals surface area contributed by atoms with E-state index >= 15 is 0 Å². The molecule has 0 saturated heterocycles. The van der Waals surface area contributed by atoms with Crippen molar-refractivity contribution in [1.82, 2.24) is 0 Å². The van der Waals surface area contributed by atoms with Gasteiger partial charge in [0.15, 0.2) is 0 Å². The molecular weight excluding hydrogens is 378 g/mol. The predicted octanol–water partition coefficient (Wildman–Crippen LogP) is 5.87. The third kappa shape index (κ3) is 4.10. The molecule has 2 N–H and O–H groups in total. The summed E-state index contributed by atoms with van der Waals surface area (Å²) in [5, 5.41) is 19.8. The van der Waals surface area contributed by atoms with Gasteiger partial charge in [0.25, 0.3) is 5.91 Å². The molecular formula is C25H19NO4. The molecule has 4 rings (SSSR count). The molecule has 0 heterocycles. The quantitative estimate of drug-likeness (QED) is 0.442. The highest BCUT2D eigenvalue weighted by molar-refractivity contribution is 6.12. The monoisotopic (exact) mass is 397 g/mol. The summed E-state index contributed by atoms with van der Waals surface area (Å²) in [5.74, 6) is 0.947. The zero-order valence-corrected chi connectivity index (χ0v) is 16.0. The number of carbonyl (C=O) groups excluding carboxylic acids is 1. The van der Waals surface area contributed by atoms with E-state index in [9.17, 15) is 15.0 Å². The van der Waals surface area contributed by atoms with E-state index in [0.29, 0.717) is 22.9 Å². The molecule has 0 radical (unpaired) electrons. The number of nitrogens with zero attached hydrogens (tertiary/aromatic N) is 1. The van der Waals surface area contributed by atoms with Crippen molar-refractivity contribution in [3.05, 3.63) is 109 Å². The van der Waals surface area contributed by atoms with Gasteiger partial charge in [-0.05, 0) is 72.8 Å². The third-order valence-electron chi connectivity index (χ3n) is 4.52. The SMILES string of the molecule is O=C(c1ccccc1O)N(c1ccc(O)cc1)c1ccc(Oc2ccccc2)cc1. The Morgan fingerprint density at radius 2 is 1.17 bits per heavy atom. The number of hydrogen-bond donors (Lipinski definition) is 2. The number of rotatable bonds is 5. The van der Waals surface area contributed by atoms with Crippen LogP contribution in [0.5, 0.6) is 23.0 Å². The van der Waals surface area contributed by atoms with Crippen LogP contribution in [-0.2, 0) is 0 Å². The Balaban J connectivity index is 1.70. The lowest BCUT2D eigenvalue weighted by Crippen LogP contribution is -2.26. The average Bonchev–Trinajstić information content (AvgIpc) is 2.77. The van der Waals surface area contributed by atoms with Gasteiger partial charge in [-0.25, -0.2) is 0 Å². The highest BCUT2D eigenvalue weighted by atomic mass is 16.5. The lowest BCUT2D eigenvalue weighted by molar-refractivity contribution is 0.0996. The number of phenolic OH excluding ortho intramolecular Hbond substituents is 2. The maximum atomic E-state index is 13.3. The van der Waals surface area contributed by atoms with Gasteiger partial charge in [-0.3, -0.25) is 9.69 Å². The first kappa shape index (κ1) is 19.1. The van der Waals surface area contributed by atoms with E-state index < -0.39 is 5.91 Å². The molecule has 5 heteroatoms. The van der Waals surface area contributed by atoms with Gasteiger partial charge >= 0.3 is 0 Å². The number of carbonyl (C=O) groups is 1. The van der Waals surface area contributed by atoms with E-state index in [2.05, 4.69) is 0 Å². The summed E-state index contributed by atoms with van der Waals surface area (Å²) in [6.45, 7) is 0. The Kier molecular flexibility index (Phi) is 5.35. The highest BCUT2D eigenvalue weighted by Gasteiger charge is 2.22. The van der Waals surface area contributed by atoms with Crippen molar-refractivity contribution in [2.45, 2.75) is 0 Å². The molecule has 0 aliphatic heterocycles. The van der Waals surface area contributed by atoms with Crippen LogP contribution in [0.3, 0.4) is 0 Å². The molecule has 4 aromatic carbocycles. The second-order valence-corrected chi connectivity index (χ2v) is 6.58. The summed E-state index contributed by atoms with van der Waals surface area (Å²) in [7, 11) is 0. The molecule has 0 saturated carbocycles. The summed E-state index contributed by atoms with van der Waals surface area (Å²) in [6, 6.07) is 29.2. The second kappa shape index (κ2) is 8.41. The first-order valence-corrected chi connectivity index (χ1v) is 9.36. The van der Waals surface area contributed by atoms with E-state index in [0.717, 1.165) is 0 Å². The maximum Gasteiger partial charge on any atom is 0.266 e. The molecule has 148 valence electrons. The fourth-order valence-corrected chi connectivity index (χ4v) is 3.05. The molecule has 0 aliphatic rings. The normalized spacial score (nSPS) is 10.4. The van der Waals surface area contributed by atoms with E-state index in [4.69, 9.17) is 4.74 Å². The van der Waals surface area contributed by atoms with Gasteiger partial charge in [-0.1, -0.05) is 30.3 Å². The summed E-state index contributed by atoms with van der Waals surface area (Å²) in [6.07, 6.45) is 0. The predicted molar refractivity (Wildman–Crippen MR) is 116 cm³/mol. The van der Waals surface area contributed by atoms with E-state index in [1.165, 1.54) is 23.1 Å². The summed E-state index contributed by atoms with van der Waals surface area (Å²) >= 11 is 0. The van der Waals surface area contributed by atoms with E-state index in [-0.39, 0.29) is 17.1 Å². The van der Waals surface area contributed by atoms with Crippen LogP contribution in [0.25, 0.3) is 0 Å². The van der Waals surface area contributed by atoms with Gasteiger partial charge in [-0.15, -0.1) is 0 Å². The zero-order valence-electron chi connectivity index (χ0n) is 16.0. The van der Waals surface area contributed by atoms with Crippen molar-refractivity contribution < 1.29 is 19.7 Å². The van der Waals surface area contributed by atoms with Crippen molar-refractivity contribution in [3.63, 3.8) is 0 Å². The fraction of sp³-hybridized carbons (Fsp3) is 0. The standard InChI is InChI=1S/C25H19NO4/c27-20-14-10-18(11-15-20)26(25(29)23-8-4-5-9-24(23)28)19-12-16-22(17-13-19)30-21-6-2-1-3-7-21/h1-17,27-28H. The van der Waals surface area contributed by atoms with Crippen LogP contribution in [0.4, 0.5) is 11.4 Å².